The Balaban J connectivity index is 2.13. The molecule has 1 aromatic carbocycles. The van der Waals surface area contributed by atoms with Gasteiger partial charge in [0.1, 0.15) is 11.5 Å². The Morgan fingerprint density at radius 2 is 2.05 bits per heavy atom. The minimum absolute atomic E-state index is 0.344. The standard InChI is InChI=1S/C14H13FN4/c1-19(13-3-2-9(16)8-11(13)15)12-5-7-18-14-10(12)4-6-17-14/h2-8H,16H2,1H3,(H,17,18). The molecule has 3 rings (SSSR count). The van der Waals surface area contributed by atoms with Crippen LogP contribution in [0.5, 0.6) is 0 Å². The molecule has 0 unspecified atom stereocenters. The fourth-order valence-corrected chi connectivity index (χ4v) is 2.16. The van der Waals surface area contributed by atoms with Crippen molar-refractivity contribution in [2.45, 2.75) is 0 Å². The molecule has 2 heterocycles. The van der Waals surface area contributed by atoms with Crippen LogP contribution in [0.1, 0.15) is 0 Å². The monoisotopic (exact) mass is 256 g/mol. The molecular formula is C14H13FN4. The topological polar surface area (TPSA) is 57.9 Å². The summed E-state index contributed by atoms with van der Waals surface area (Å²) < 4.78 is 14.0. The molecule has 0 bridgehead atoms. The molecule has 3 N–H and O–H groups in total. The number of benzene rings is 1. The number of anilines is 3. The van der Waals surface area contributed by atoms with E-state index in [2.05, 4.69) is 9.97 Å². The molecule has 0 aliphatic heterocycles. The summed E-state index contributed by atoms with van der Waals surface area (Å²) in [6, 6.07) is 8.45. The molecule has 0 aliphatic rings. The zero-order valence-corrected chi connectivity index (χ0v) is 10.4. The number of hydrogen-bond acceptors (Lipinski definition) is 3. The summed E-state index contributed by atoms with van der Waals surface area (Å²) in [5.41, 5.74) is 8.12. The van der Waals surface area contributed by atoms with E-state index in [1.807, 2.05) is 25.4 Å². The molecular weight excluding hydrogens is 243 g/mol. The first-order valence-corrected chi connectivity index (χ1v) is 5.87. The lowest BCUT2D eigenvalue weighted by Crippen LogP contribution is -2.11. The summed E-state index contributed by atoms with van der Waals surface area (Å²) >= 11 is 0. The molecule has 96 valence electrons. The number of hydrogen-bond donors (Lipinski definition) is 2. The van der Waals surface area contributed by atoms with Crippen molar-refractivity contribution in [3.63, 3.8) is 0 Å². The minimum Gasteiger partial charge on any atom is -0.399 e. The van der Waals surface area contributed by atoms with E-state index in [-0.39, 0.29) is 5.82 Å². The van der Waals surface area contributed by atoms with Crippen molar-refractivity contribution in [1.82, 2.24) is 9.97 Å². The van der Waals surface area contributed by atoms with E-state index in [0.29, 0.717) is 11.4 Å². The smallest absolute Gasteiger partial charge is 0.148 e. The third-order valence-electron chi connectivity index (χ3n) is 3.13. The van der Waals surface area contributed by atoms with E-state index in [0.717, 1.165) is 16.7 Å². The predicted molar refractivity (Wildman–Crippen MR) is 75.0 cm³/mol. The van der Waals surface area contributed by atoms with E-state index < -0.39 is 0 Å². The Labute approximate surface area is 109 Å². The largest absolute Gasteiger partial charge is 0.399 e. The van der Waals surface area contributed by atoms with E-state index in [1.165, 1.54) is 6.07 Å². The first-order valence-electron chi connectivity index (χ1n) is 5.87. The lowest BCUT2D eigenvalue weighted by molar-refractivity contribution is 0.628. The zero-order valence-electron chi connectivity index (χ0n) is 10.4. The molecule has 0 fully saturated rings. The average molecular weight is 256 g/mol. The van der Waals surface area contributed by atoms with Gasteiger partial charge in [0.25, 0.3) is 0 Å². The van der Waals surface area contributed by atoms with Gasteiger partial charge in [-0.1, -0.05) is 0 Å². The number of fused-ring (bicyclic) bond motifs is 1. The van der Waals surface area contributed by atoms with Crippen molar-refractivity contribution in [3.8, 4) is 0 Å². The van der Waals surface area contributed by atoms with Crippen molar-refractivity contribution in [1.29, 1.82) is 0 Å². The molecule has 0 spiro atoms. The molecule has 2 aromatic heterocycles. The SMILES string of the molecule is CN(c1ccc(N)cc1F)c1ccnc2[nH]ccc12. The minimum atomic E-state index is -0.344. The van der Waals surface area contributed by atoms with Gasteiger partial charge in [0, 0.05) is 30.5 Å². The molecule has 0 amide bonds. The van der Waals surface area contributed by atoms with Gasteiger partial charge in [0.15, 0.2) is 0 Å². The number of halogens is 1. The Bertz CT molecular complexity index is 735. The molecule has 0 saturated heterocycles. The molecule has 19 heavy (non-hydrogen) atoms. The Morgan fingerprint density at radius 1 is 1.21 bits per heavy atom. The average Bonchev–Trinajstić information content (AvgIpc) is 2.86. The van der Waals surface area contributed by atoms with Gasteiger partial charge in [-0.05, 0) is 30.3 Å². The maximum atomic E-state index is 14.0. The van der Waals surface area contributed by atoms with Crippen LogP contribution in [0.4, 0.5) is 21.5 Å². The van der Waals surface area contributed by atoms with Crippen LogP contribution in [0.3, 0.4) is 0 Å². The van der Waals surface area contributed by atoms with Crippen molar-refractivity contribution in [2.24, 2.45) is 0 Å². The van der Waals surface area contributed by atoms with Crippen LogP contribution in [0, 0.1) is 5.82 Å². The first-order chi connectivity index (χ1) is 9.16. The van der Waals surface area contributed by atoms with Crippen LogP contribution < -0.4 is 10.6 Å². The second-order valence-corrected chi connectivity index (χ2v) is 4.34. The van der Waals surface area contributed by atoms with Gasteiger partial charge in [-0.3, -0.25) is 0 Å². The highest BCUT2D eigenvalue weighted by Gasteiger charge is 2.13. The maximum Gasteiger partial charge on any atom is 0.148 e. The number of aromatic amines is 1. The summed E-state index contributed by atoms with van der Waals surface area (Å²) in [5.74, 6) is -0.344. The first kappa shape index (κ1) is 11.5. The highest BCUT2D eigenvalue weighted by atomic mass is 19.1. The third-order valence-corrected chi connectivity index (χ3v) is 3.13. The molecule has 0 aliphatic carbocycles. The highest BCUT2D eigenvalue weighted by molar-refractivity contribution is 5.92. The molecule has 0 radical (unpaired) electrons. The summed E-state index contributed by atoms with van der Waals surface area (Å²) in [5, 5.41) is 0.946. The van der Waals surface area contributed by atoms with E-state index in [1.54, 1.807) is 23.2 Å². The number of nitrogens with one attached hydrogen (secondary N) is 1. The fourth-order valence-electron chi connectivity index (χ4n) is 2.16. The Morgan fingerprint density at radius 3 is 2.84 bits per heavy atom. The van der Waals surface area contributed by atoms with Gasteiger partial charge in [0.05, 0.1) is 11.4 Å². The van der Waals surface area contributed by atoms with Gasteiger partial charge in [-0.2, -0.15) is 0 Å². The molecule has 0 saturated carbocycles. The van der Waals surface area contributed by atoms with Crippen molar-refractivity contribution >= 4 is 28.1 Å². The van der Waals surface area contributed by atoms with E-state index in [9.17, 15) is 4.39 Å². The zero-order chi connectivity index (χ0) is 13.4. The molecule has 4 nitrogen and oxygen atoms in total. The third kappa shape index (κ3) is 1.89. The summed E-state index contributed by atoms with van der Waals surface area (Å²) in [7, 11) is 1.82. The Kier molecular flexibility index (Phi) is 2.59. The highest BCUT2D eigenvalue weighted by Crippen LogP contribution is 2.31. The van der Waals surface area contributed by atoms with Crippen LogP contribution in [0.2, 0.25) is 0 Å². The second kappa shape index (κ2) is 4.28. The van der Waals surface area contributed by atoms with Gasteiger partial charge in [-0.25, -0.2) is 9.37 Å². The van der Waals surface area contributed by atoms with Gasteiger partial charge in [-0.15, -0.1) is 0 Å². The van der Waals surface area contributed by atoms with Crippen LogP contribution in [0.15, 0.2) is 42.7 Å². The Hall–Kier alpha value is -2.56. The van der Waals surface area contributed by atoms with Crippen LogP contribution in [-0.4, -0.2) is 17.0 Å². The van der Waals surface area contributed by atoms with E-state index >= 15 is 0 Å². The van der Waals surface area contributed by atoms with E-state index in [4.69, 9.17) is 5.73 Å². The van der Waals surface area contributed by atoms with Crippen molar-refractivity contribution in [2.75, 3.05) is 17.7 Å². The maximum absolute atomic E-state index is 14.0. The predicted octanol–water partition coefficient (Wildman–Crippen LogP) is 3.05. The number of nitrogens with two attached hydrogens (primary N) is 1. The molecule has 5 heteroatoms. The lowest BCUT2D eigenvalue weighted by atomic mass is 10.2. The number of nitrogens with zero attached hydrogens (tertiary/aromatic N) is 2. The van der Waals surface area contributed by atoms with Crippen LogP contribution in [-0.2, 0) is 0 Å². The van der Waals surface area contributed by atoms with Crippen molar-refractivity contribution < 1.29 is 4.39 Å². The van der Waals surface area contributed by atoms with Gasteiger partial charge >= 0.3 is 0 Å². The fraction of sp³-hybridized carbons (Fsp3) is 0.0714. The lowest BCUT2D eigenvalue weighted by Gasteiger charge is -2.21. The number of aromatic nitrogens is 2. The second-order valence-electron chi connectivity index (χ2n) is 4.34. The van der Waals surface area contributed by atoms with Gasteiger partial charge in [0.2, 0.25) is 0 Å². The van der Waals surface area contributed by atoms with Crippen LogP contribution in [0.25, 0.3) is 11.0 Å². The molecule has 0 atom stereocenters. The summed E-state index contributed by atoms with van der Waals surface area (Å²) in [6.07, 6.45) is 3.51. The van der Waals surface area contributed by atoms with Gasteiger partial charge < -0.3 is 15.6 Å². The summed E-state index contributed by atoms with van der Waals surface area (Å²) in [4.78, 5) is 9.04. The van der Waals surface area contributed by atoms with Crippen LogP contribution >= 0.6 is 0 Å². The number of pyridine rings is 1. The molecule has 3 aromatic rings. The number of nitrogen functional groups attached to an aromatic ring is 1. The normalized spacial score (nSPS) is 10.8. The quantitative estimate of drug-likeness (QED) is 0.693. The summed E-state index contributed by atoms with van der Waals surface area (Å²) in [6.45, 7) is 0. The number of H-pyrrole nitrogens is 1. The number of rotatable bonds is 2. The van der Waals surface area contributed by atoms with Crippen molar-refractivity contribution in [3.05, 3.63) is 48.5 Å².